The van der Waals surface area contributed by atoms with Crippen LogP contribution >= 0.6 is 15.9 Å². The molecule has 0 fully saturated rings. The quantitative estimate of drug-likeness (QED) is 0.924. The van der Waals surface area contributed by atoms with Gasteiger partial charge in [-0.25, -0.2) is 0 Å². The second-order valence-corrected chi connectivity index (χ2v) is 5.38. The lowest BCUT2D eigenvalue weighted by atomic mass is 10.1. The molecular weight excluding hydrogens is 296 g/mol. The zero-order chi connectivity index (χ0) is 13.9. The highest BCUT2D eigenvalue weighted by molar-refractivity contribution is 9.10. The Labute approximate surface area is 116 Å². The van der Waals surface area contributed by atoms with Crippen LogP contribution in [-0.4, -0.2) is 43.6 Å². The molecular formula is C13H19BrN2O2. The maximum Gasteiger partial charge on any atom is 0.241 e. The standard InChI is InChI=1S/C13H19BrN2O2/c1-9(17)11-6-5-10(7-12(11)14)16(4)8-13(18)15(2)3/h5-7,9,17H,8H2,1-4H3/t9-/m1/s1. The van der Waals surface area contributed by atoms with Gasteiger partial charge in [0.15, 0.2) is 0 Å². The lowest BCUT2D eigenvalue weighted by Crippen LogP contribution is -2.34. The van der Waals surface area contributed by atoms with Crippen LogP contribution in [0, 0.1) is 0 Å². The van der Waals surface area contributed by atoms with E-state index in [0.717, 1.165) is 15.7 Å². The highest BCUT2D eigenvalue weighted by Gasteiger charge is 2.12. The second-order valence-electron chi connectivity index (χ2n) is 4.53. The molecule has 0 saturated heterocycles. The van der Waals surface area contributed by atoms with Crippen LogP contribution in [0.1, 0.15) is 18.6 Å². The van der Waals surface area contributed by atoms with Crippen molar-refractivity contribution in [1.29, 1.82) is 0 Å². The summed E-state index contributed by atoms with van der Waals surface area (Å²) in [5.41, 5.74) is 1.77. The monoisotopic (exact) mass is 314 g/mol. The number of aliphatic hydroxyl groups is 1. The van der Waals surface area contributed by atoms with Gasteiger partial charge in [-0.3, -0.25) is 4.79 Å². The molecule has 0 aliphatic heterocycles. The summed E-state index contributed by atoms with van der Waals surface area (Å²) < 4.78 is 0.846. The van der Waals surface area contributed by atoms with E-state index in [1.807, 2.05) is 30.1 Å². The van der Waals surface area contributed by atoms with Gasteiger partial charge in [-0.1, -0.05) is 22.0 Å². The van der Waals surface area contributed by atoms with Crippen LogP contribution in [0.3, 0.4) is 0 Å². The van der Waals surface area contributed by atoms with E-state index in [-0.39, 0.29) is 5.91 Å². The first-order valence-corrected chi connectivity index (χ1v) is 6.51. The summed E-state index contributed by atoms with van der Waals surface area (Å²) in [7, 11) is 5.34. The predicted molar refractivity (Wildman–Crippen MR) is 76.7 cm³/mol. The average molecular weight is 315 g/mol. The largest absolute Gasteiger partial charge is 0.389 e. The fourth-order valence-electron chi connectivity index (χ4n) is 1.53. The molecule has 1 aromatic carbocycles. The van der Waals surface area contributed by atoms with Crippen LogP contribution in [0.4, 0.5) is 5.69 Å². The summed E-state index contributed by atoms with van der Waals surface area (Å²) in [5.74, 6) is 0.0493. The highest BCUT2D eigenvalue weighted by Crippen LogP contribution is 2.27. The molecule has 1 atom stereocenters. The van der Waals surface area contributed by atoms with E-state index in [1.54, 1.807) is 25.9 Å². The van der Waals surface area contributed by atoms with Crippen LogP contribution in [0.15, 0.2) is 22.7 Å². The molecule has 4 nitrogen and oxygen atoms in total. The summed E-state index contributed by atoms with van der Waals surface area (Å²) >= 11 is 3.43. The van der Waals surface area contributed by atoms with Gasteiger partial charge in [0, 0.05) is 31.3 Å². The number of hydrogen-bond donors (Lipinski definition) is 1. The fourth-order valence-corrected chi connectivity index (χ4v) is 2.23. The van der Waals surface area contributed by atoms with Crippen molar-refractivity contribution in [2.45, 2.75) is 13.0 Å². The van der Waals surface area contributed by atoms with E-state index < -0.39 is 6.10 Å². The minimum absolute atomic E-state index is 0.0493. The van der Waals surface area contributed by atoms with Gasteiger partial charge in [0.05, 0.1) is 12.6 Å². The van der Waals surface area contributed by atoms with Gasteiger partial charge in [-0.2, -0.15) is 0 Å². The van der Waals surface area contributed by atoms with Crippen molar-refractivity contribution in [2.24, 2.45) is 0 Å². The number of carbonyl (C=O) groups is 1. The Morgan fingerprint density at radius 2 is 2.00 bits per heavy atom. The number of rotatable bonds is 4. The number of carbonyl (C=O) groups excluding carboxylic acids is 1. The first kappa shape index (κ1) is 15.0. The Hall–Kier alpha value is -1.07. The Morgan fingerprint density at radius 1 is 1.39 bits per heavy atom. The van der Waals surface area contributed by atoms with E-state index in [1.165, 1.54) is 0 Å². The molecule has 1 rings (SSSR count). The minimum Gasteiger partial charge on any atom is -0.389 e. The minimum atomic E-state index is -0.512. The Balaban J connectivity index is 2.84. The summed E-state index contributed by atoms with van der Waals surface area (Å²) in [5, 5.41) is 9.55. The highest BCUT2D eigenvalue weighted by atomic mass is 79.9. The summed E-state index contributed by atoms with van der Waals surface area (Å²) in [6.45, 7) is 2.05. The second kappa shape index (κ2) is 6.20. The van der Waals surface area contributed by atoms with Gasteiger partial charge in [-0.05, 0) is 24.6 Å². The van der Waals surface area contributed by atoms with Crippen LogP contribution < -0.4 is 4.90 Å². The third-order valence-corrected chi connectivity index (χ3v) is 3.43. The molecule has 0 aromatic heterocycles. The van der Waals surface area contributed by atoms with E-state index in [4.69, 9.17) is 0 Å². The lowest BCUT2D eigenvalue weighted by Gasteiger charge is -2.22. The molecule has 0 aliphatic carbocycles. The van der Waals surface area contributed by atoms with Gasteiger partial charge < -0.3 is 14.9 Å². The molecule has 5 heteroatoms. The molecule has 0 heterocycles. The zero-order valence-electron chi connectivity index (χ0n) is 11.1. The molecule has 1 amide bonds. The van der Waals surface area contributed by atoms with Crippen molar-refractivity contribution in [1.82, 2.24) is 4.90 Å². The summed E-state index contributed by atoms with van der Waals surface area (Å²) in [6.07, 6.45) is -0.512. The van der Waals surface area contributed by atoms with Crippen molar-refractivity contribution in [3.63, 3.8) is 0 Å². The third-order valence-electron chi connectivity index (χ3n) is 2.75. The van der Waals surface area contributed by atoms with E-state index >= 15 is 0 Å². The maximum atomic E-state index is 11.6. The molecule has 0 radical (unpaired) electrons. The van der Waals surface area contributed by atoms with Gasteiger partial charge >= 0.3 is 0 Å². The normalized spacial score (nSPS) is 12.1. The number of likely N-dealkylation sites (N-methyl/N-ethyl adjacent to an activating group) is 2. The molecule has 1 N–H and O–H groups in total. The first-order valence-electron chi connectivity index (χ1n) is 5.71. The number of benzene rings is 1. The van der Waals surface area contributed by atoms with Crippen LogP contribution in [0.2, 0.25) is 0 Å². The number of amides is 1. The van der Waals surface area contributed by atoms with E-state index in [9.17, 15) is 9.90 Å². The molecule has 0 aliphatic rings. The van der Waals surface area contributed by atoms with Crippen molar-refractivity contribution in [3.05, 3.63) is 28.2 Å². The zero-order valence-corrected chi connectivity index (χ0v) is 12.7. The van der Waals surface area contributed by atoms with Gasteiger partial charge in [0.25, 0.3) is 0 Å². The SMILES string of the molecule is C[C@@H](O)c1ccc(N(C)CC(=O)N(C)C)cc1Br. The van der Waals surface area contributed by atoms with Crippen LogP contribution in [0.25, 0.3) is 0 Å². The molecule has 0 unspecified atom stereocenters. The molecule has 0 bridgehead atoms. The maximum absolute atomic E-state index is 11.6. The smallest absolute Gasteiger partial charge is 0.241 e. The third kappa shape index (κ3) is 3.71. The molecule has 1 aromatic rings. The van der Waals surface area contributed by atoms with E-state index in [0.29, 0.717) is 6.54 Å². The molecule has 100 valence electrons. The van der Waals surface area contributed by atoms with Gasteiger partial charge in [0.2, 0.25) is 5.91 Å². The number of halogens is 1. The Kier molecular flexibility index (Phi) is 5.16. The van der Waals surface area contributed by atoms with Crippen LogP contribution in [-0.2, 0) is 4.79 Å². The van der Waals surface area contributed by atoms with Crippen LogP contribution in [0.5, 0.6) is 0 Å². The number of aliphatic hydroxyl groups excluding tert-OH is 1. The molecule has 18 heavy (non-hydrogen) atoms. The Morgan fingerprint density at radius 3 is 2.44 bits per heavy atom. The lowest BCUT2D eigenvalue weighted by molar-refractivity contribution is -0.127. The van der Waals surface area contributed by atoms with Crippen molar-refractivity contribution >= 4 is 27.5 Å². The average Bonchev–Trinajstić information content (AvgIpc) is 2.27. The first-order chi connectivity index (χ1) is 8.32. The topological polar surface area (TPSA) is 43.8 Å². The fraction of sp³-hybridized carbons (Fsp3) is 0.462. The van der Waals surface area contributed by atoms with Crippen molar-refractivity contribution < 1.29 is 9.90 Å². The number of nitrogens with zero attached hydrogens (tertiary/aromatic N) is 2. The predicted octanol–water partition coefficient (Wildman–Crippen LogP) is 2.03. The van der Waals surface area contributed by atoms with Crippen molar-refractivity contribution in [3.8, 4) is 0 Å². The van der Waals surface area contributed by atoms with Gasteiger partial charge in [-0.15, -0.1) is 0 Å². The molecule has 0 saturated carbocycles. The molecule has 0 spiro atoms. The Bertz CT molecular complexity index is 433. The summed E-state index contributed by atoms with van der Waals surface area (Å²) in [6, 6.07) is 5.67. The van der Waals surface area contributed by atoms with Crippen molar-refractivity contribution in [2.75, 3.05) is 32.6 Å². The van der Waals surface area contributed by atoms with Gasteiger partial charge in [0.1, 0.15) is 0 Å². The summed E-state index contributed by atoms with van der Waals surface area (Å²) in [4.78, 5) is 15.1. The van der Waals surface area contributed by atoms with E-state index in [2.05, 4.69) is 15.9 Å². The number of anilines is 1. The number of hydrogen-bond acceptors (Lipinski definition) is 3.